The van der Waals surface area contributed by atoms with Crippen LogP contribution >= 0.6 is 23.5 Å². The Morgan fingerprint density at radius 3 is 2.39 bits per heavy atom. The van der Waals surface area contributed by atoms with Gasteiger partial charge in [-0.05, 0) is 25.7 Å². The van der Waals surface area contributed by atoms with Crippen LogP contribution in [0.15, 0.2) is 15.8 Å². The summed E-state index contributed by atoms with van der Waals surface area (Å²) in [5.41, 5.74) is -1.50. The summed E-state index contributed by atoms with van der Waals surface area (Å²) in [5, 5.41) is 10.3. The van der Waals surface area contributed by atoms with Crippen molar-refractivity contribution < 1.29 is 51.5 Å². The SMILES string of the molecule is C#CCCCCC#Cc1cn([C@@H]2C[C@H](COP(=O)([O-])OP(=O)([O-])OP(=O)([O-])[O-])[C@H](O)C2)c(=O)[nH]c1=O. The Morgan fingerprint density at radius 2 is 1.75 bits per heavy atom. The fraction of sp³-hybridized carbons (Fsp3) is 0.556. The Morgan fingerprint density at radius 1 is 1.08 bits per heavy atom. The standard InChI is InChI=1S/C18H25N2O13P3/c1-2-3-4-5-6-7-8-13-11-20(18(23)19-17(13)22)15-9-14(16(21)10-15)12-31-35(27,28)33-36(29,30)32-34(24,25)26/h1,11,14-16,21H,3-6,9-10,12H2,(H,27,28)(H,29,30)(H,19,22,23)(H2,24,25,26)/p-4/t14-,15-,16-/m1/s1. The van der Waals surface area contributed by atoms with E-state index in [9.17, 15) is 48.0 Å². The quantitative estimate of drug-likeness (QED) is 0.171. The van der Waals surface area contributed by atoms with Crippen LogP contribution in [0.3, 0.4) is 0 Å². The molecule has 0 bridgehead atoms. The molecule has 1 aliphatic rings. The molecular formula is C18H21N2O13P3-4. The number of phosphoric ester groups is 1. The number of hydrogen-bond acceptors (Lipinski definition) is 13. The number of nitrogens with one attached hydrogen (secondary N) is 1. The van der Waals surface area contributed by atoms with Crippen LogP contribution in [0.1, 0.15) is 50.1 Å². The van der Waals surface area contributed by atoms with Gasteiger partial charge in [-0.2, -0.15) is 0 Å². The highest BCUT2D eigenvalue weighted by Gasteiger charge is 2.36. The lowest BCUT2D eigenvalue weighted by molar-refractivity contribution is -0.339. The molecule has 1 aromatic heterocycles. The smallest absolute Gasteiger partial charge is 0.328 e. The highest BCUT2D eigenvalue weighted by Crippen LogP contribution is 2.60. The number of aromatic nitrogens is 2. The average molecular weight is 566 g/mol. The lowest BCUT2D eigenvalue weighted by atomic mass is 10.1. The molecule has 15 nitrogen and oxygen atoms in total. The van der Waals surface area contributed by atoms with Crippen LogP contribution in [0.5, 0.6) is 0 Å². The Hall–Kier alpha value is -1.83. The predicted molar refractivity (Wildman–Crippen MR) is 114 cm³/mol. The number of phosphoric acid groups is 3. The van der Waals surface area contributed by atoms with Gasteiger partial charge in [-0.25, -0.2) is 9.11 Å². The second-order valence-corrected chi connectivity index (χ2v) is 11.9. The average Bonchev–Trinajstić information content (AvgIpc) is 3.08. The maximum Gasteiger partial charge on any atom is 0.328 e. The lowest BCUT2D eigenvalue weighted by Gasteiger charge is -2.37. The number of unbranched alkanes of at least 4 members (excludes halogenated alkanes) is 3. The maximum atomic E-state index is 12.3. The molecule has 2 N–H and O–H groups in total. The Bertz CT molecular complexity index is 1300. The fourth-order valence-electron chi connectivity index (χ4n) is 3.39. The van der Waals surface area contributed by atoms with Crippen LogP contribution in [0.25, 0.3) is 0 Å². The van der Waals surface area contributed by atoms with Gasteiger partial charge in [-0.1, -0.05) is 11.8 Å². The number of aliphatic hydroxyl groups is 1. The summed E-state index contributed by atoms with van der Waals surface area (Å²) in [6.07, 6.45) is 7.64. The summed E-state index contributed by atoms with van der Waals surface area (Å²) in [7, 11) is -18.0. The Kier molecular flexibility index (Phi) is 10.6. The van der Waals surface area contributed by atoms with Gasteiger partial charge in [0.15, 0.2) is 0 Å². The normalized spacial score (nSPS) is 23.2. The van der Waals surface area contributed by atoms with E-state index >= 15 is 0 Å². The summed E-state index contributed by atoms with van der Waals surface area (Å²) in [6, 6.07) is -0.707. The molecule has 36 heavy (non-hydrogen) atoms. The van der Waals surface area contributed by atoms with E-state index in [0.29, 0.717) is 12.8 Å². The van der Waals surface area contributed by atoms with Crippen molar-refractivity contribution in [1.82, 2.24) is 9.55 Å². The van der Waals surface area contributed by atoms with Gasteiger partial charge in [0.2, 0.25) is 0 Å². The number of aliphatic hydroxyl groups excluding tert-OH is 1. The zero-order chi connectivity index (χ0) is 27.1. The summed E-state index contributed by atoms with van der Waals surface area (Å²) in [4.78, 5) is 70.1. The van der Waals surface area contributed by atoms with Gasteiger partial charge in [0.1, 0.15) is 5.56 Å². The third-order valence-electron chi connectivity index (χ3n) is 4.94. The van der Waals surface area contributed by atoms with Crippen LogP contribution in [-0.4, -0.2) is 27.4 Å². The summed E-state index contributed by atoms with van der Waals surface area (Å²) in [5.74, 6) is 7.03. The van der Waals surface area contributed by atoms with Gasteiger partial charge in [0.25, 0.3) is 21.2 Å². The molecule has 0 aromatic carbocycles. The van der Waals surface area contributed by atoms with Crippen molar-refractivity contribution in [2.45, 2.75) is 50.7 Å². The van der Waals surface area contributed by atoms with Gasteiger partial charge in [0, 0.05) is 31.0 Å². The van der Waals surface area contributed by atoms with Crippen molar-refractivity contribution in [2.24, 2.45) is 5.92 Å². The Labute approximate surface area is 204 Å². The van der Waals surface area contributed by atoms with Gasteiger partial charge >= 0.3 is 5.69 Å². The van der Waals surface area contributed by atoms with Gasteiger partial charge in [-0.3, -0.25) is 27.8 Å². The highest BCUT2D eigenvalue weighted by atomic mass is 31.3. The zero-order valence-corrected chi connectivity index (χ0v) is 21.2. The molecule has 200 valence electrons. The summed E-state index contributed by atoms with van der Waals surface area (Å²) < 4.78 is 45.3. The number of H-pyrrole nitrogens is 1. The monoisotopic (exact) mass is 566 g/mol. The molecule has 18 heteroatoms. The Balaban J connectivity index is 2.06. The molecule has 2 unspecified atom stereocenters. The van der Waals surface area contributed by atoms with Crippen LogP contribution in [0.4, 0.5) is 0 Å². The van der Waals surface area contributed by atoms with Crippen molar-refractivity contribution in [1.29, 1.82) is 0 Å². The molecule has 0 radical (unpaired) electrons. The highest BCUT2D eigenvalue weighted by molar-refractivity contribution is 7.64. The minimum absolute atomic E-state index is 0.00145. The molecule has 1 aromatic rings. The van der Waals surface area contributed by atoms with Crippen LogP contribution in [0, 0.1) is 30.1 Å². The van der Waals surface area contributed by atoms with Crippen molar-refractivity contribution in [2.75, 3.05) is 6.61 Å². The maximum absolute atomic E-state index is 12.3. The largest absolute Gasteiger partial charge is 0.790 e. The summed E-state index contributed by atoms with van der Waals surface area (Å²) >= 11 is 0. The molecule has 1 saturated carbocycles. The summed E-state index contributed by atoms with van der Waals surface area (Å²) in [6.45, 7) is -0.812. The molecule has 1 heterocycles. The van der Waals surface area contributed by atoms with E-state index in [1.165, 1.54) is 6.20 Å². The van der Waals surface area contributed by atoms with E-state index in [2.05, 4.69) is 35.9 Å². The molecule has 1 aliphatic carbocycles. The number of terminal acetylenes is 1. The number of aromatic amines is 1. The molecule has 5 atom stereocenters. The predicted octanol–water partition coefficient (Wildman–Crippen LogP) is -1.79. The van der Waals surface area contributed by atoms with Crippen molar-refractivity contribution in [3.63, 3.8) is 0 Å². The van der Waals surface area contributed by atoms with Crippen molar-refractivity contribution in [3.05, 3.63) is 32.6 Å². The third kappa shape index (κ3) is 9.91. The lowest BCUT2D eigenvalue weighted by Crippen LogP contribution is -2.33. The van der Waals surface area contributed by atoms with Gasteiger partial charge in [0.05, 0.1) is 20.5 Å². The van der Waals surface area contributed by atoms with Crippen molar-refractivity contribution in [3.8, 4) is 24.2 Å². The van der Waals surface area contributed by atoms with Crippen LogP contribution in [0.2, 0.25) is 0 Å². The molecule has 0 aliphatic heterocycles. The first-order valence-corrected chi connectivity index (χ1v) is 14.7. The first kappa shape index (κ1) is 30.4. The van der Waals surface area contributed by atoms with E-state index < -0.39 is 59.4 Å². The first-order chi connectivity index (χ1) is 16.6. The number of nitrogens with zero attached hydrogens (tertiary/aromatic N) is 1. The fourth-order valence-corrected chi connectivity index (χ4v) is 6.30. The third-order valence-corrected chi connectivity index (χ3v) is 8.60. The molecule has 2 rings (SSSR count). The van der Waals surface area contributed by atoms with E-state index in [4.69, 9.17) is 6.42 Å². The molecular weight excluding hydrogens is 545 g/mol. The second-order valence-electron chi connectivity index (χ2n) is 7.68. The molecule has 1 fully saturated rings. The minimum Gasteiger partial charge on any atom is -0.790 e. The van der Waals surface area contributed by atoms with E-state index in [1.807, 2.05) is 0 Å². The minimum atomic E-state index is -6.12. The van der Waals surface area contributed by atoms with Crippen molar-refractivity contribution >= 4 is 23.5 Å². The van der Waals surface area contributed by atoms with Gasteiger partial charge in [-0.15, -0.1) is 12.3 Å². The first-order valence-electron chi connectivity index (χ1n) is 10.3. The zero-order valence-electron chi connectivity index (χ0n) is 18.5. The van der Waals surface area contributed by atoms with E-state index in [-0.39, 0.29) is 18.4 Å². The molecule has 0 saturated heterocycles. The number of rotatable bonds is 11. The molecule has 0 amide bonds. The number of hydrogen-bond donors (Lipinski definition) is 2. The van der Waals surface area contributed by atoms with E-state index in [1.54, 1.807) is 0 Å². The van der Waals surface area contributed by atoms with Crippen LogP contribution < -0.4 is 30.8 Å². The second kappa shape index (κ2) is 12.6. The molecule has 0 spiro atoms. The van der Waals surface area contributed by atoms with Gasteiger partial charge < -0.3 is 33.8 Å². The topological polar surface area (TPSA) is 246 Å². The van der Waals surface area contributed by atoms with E-state index in [0.717, 1.165) is 17.4 Å². The van der Waals surface area contributed by atoms with Crippen LogP contribution in [-0.2, 0) is 26.8 Å².